The number of ether oxygens (including phenoxy) is 4. The molecule has 1 aromatic rings. The standard InChI is InChI=1S/C26H36O6/c1-5-6-7-14-29-24(27)17-30-20-12-13-21-22(15-20)31-16-23(25(21)28)32-19-10-8-18(9-11-19)26(2,3)4/h8-11,16,20-22H,5-7,12-15,17H2,1-4H3. The molecule has 6 heteroatoms. The highest BCUT2D eigenvalue weighted by Gasteiger charge is 2.41. The van der Waals surface area contributed by atoms with Crippen molar-refractivity contribution < 1.29 is 28.5 Å². The summed E-state index contributed by atoms with van der Waals surface area (Å²) in [7, 11) is 0. The van der Waals surface area contributed by atoms with Crippen molar-refractivity contribution in [3.63, 3.8) is 0 Å². The average Bonchev–Trinajstić information content (AvgIpc) is 2.77. The highest BCUT2D eigenvalue weighted by atomic mass is 16.6. The van der Waals surface area contributed by atoms with Gasteiger partial charge in [0.15, 0.2) is 0 Å². The van der Waals surface area contributed by atoms with Gasteiger partial charge in [0.25, 0.3) is 0 Å². The molecular formula is C26H36O6. The van der Waals surface area contributed by atoms with E-state index in [2.05, 4.69) is 27.7 Å². The number of rotatable bonds is 9. The van der Waals surface area contributed by atoms with Crippen molar-refractivity contribution in [3.8, 4) is 5.75 Å². The molecule has 1 saturated carbocycles. The Labute approximate surface area is 191 Å². The predicted molar refractivity (Wildman–Crippen MR) is 121 cm³/mol. The maximum Gasteiger partial charge on any atom is 0.332 e. The third-order valence-corrected chi connectivity index (χ3v) is 6.07. The molecule has 1 aliphatic carbocycles. The number of unbranched alkanes of at least 4 members (excludes halogenated alkanes) is 2. The fourth-order valence-corrected chi connectivity index (χ4v) is 4.07. The number of hydrogen-bond donors (Lipinski definition) is 0. The van der Waals surface area contributed by atoms with Gasteiger partial charge in [-0.15, -0.1) is 0 Å². The number of carbonyl (C=O) groups is 2. The van der Waals surface area contributed by atoms with E-state index in [-0.39, 0.29) is 47.7 Å². The summed E-state index contributed by atoms with van der Waals surface area (Å²) in [5.74, 6) is 0.246. The highest BCUT2D eigenvalue weighted by Crippen LogP contribution is 2.35. The molecule has 0 N–H and O–H groups in total. The lowest BCUT2D eigenvalue weighted by molar-refractivity contribution is -0.154. The lowest BCUT2D eigenvalue weighted by Crippen LogP contribution is -2.42. The summed E-state index contributed by atoms with van der Waals surface area (Å²) in [6, 6.07) is 7.80. The number of fused-ring (bicyclic) bond motifs is 1. The van der Waals surface area contributed by atoms with Crippen LogP contribution >= 0.6 is 0 Å². The molecule has 0 radical (unpaired) electrons. The number of benzene rings is 1. The van der Waals surface area contributed by atoms with E-state index in [1.807, 2.05) is 24.3 Å². The first kappa shape index (κ1) is 24.3. The van der Waals surface area contributed by atoms with Crippen LogP contribution in [0.1, 0.15) is 71.8 Å². The lowest BCUT2D eigenvalue weighted by atomic mass is 9.80. The molecule has 0 saturated heterocycles. The molecule has 1 aromatic carbocycles. The van der Waals surface area contributed by atoms with E-state index in [0.717, 1.165) is 19.3 Å². The number of Topliss-reactive ketones (excluding diaryl/α,β-unsaturated/α-hetero) is 1. The van der Waals surface area contributed by atoms with Crippen LogP contribution in [0.15, 0.2) is 36.3 Å². The van der Waals surface area contributed by atoms with Gasteiger partial charge in [-0.3, -0.25) is 4.79 Å². The number of ketones is 1. The molecule has 2 aliphatic rings. The second-order valence-electron chi connectivity index (χ2n) is 9.68. The molecule has 6 nitrogen and oxygen atoms in total. The largest absolute Gasteiger partial charge is 0.493 e. The van der Waals surface area contributed by atoms with Crippen LogP contribution in [0.4, 0.5) is 0 Å². The van der Waals surface area contributed by atoms with Gasteiger partial charge in [0, 0.05) is 6.42 Å². The molecular weight excluding hydrogens is 408 g/mol. The Hall–Kier alpha value is -2.34. The Morgan fingerprint density at radius 1 is 1.12 bits per heavy atom. The predicted octanol–water partition coefficient (Wildman–Crippen LogP) is 5.09. The summed E-state index contributed by atoms with van der Waals surface area (Å²) in [6.07, 6.45) is 5.98. The third kappa shape index (κ3) is 6.58. The molecule has 3 unspecified atom stereocenters. The topological polar surface area (TPSA) is 71.1 Å². The van der Waals surface area contributed by atoms with E-state index in [1.54, 1.807) is 0 Å². The molecule has 3 rings (SSSR count). The van der Waals surface area contributed by atoms with E-state index in [0.29, 0.717) is 31.6 Å². The minimum atomic E-state index is -0.336. The zero-order valence-electron chi connectivity index (χ0n) is 19.7. The average molecular weight is 445 g/mol. The number of carbonyl (C=O) groups excluding carboxylic acids is 2. The zero-order valence-corrected chi connectivity index (χ0v) is 19.7. The van der Waals surface area contributed by atoms with Crippen molar-refractivity contribution in [2.75, 3.05) is 13.2 Å². The van der Waals surface area contributed by atoms with Gasteiger partial charge in [-0.2, -0.15) is 0 Å². The number of esters is 1. The summed E-state index contributed by atoms with van der Waals surface area (Å²) in [4.78, 5) is 24.8. The van der Waals surface area contributed by atoms with Gasteiger partial charge >= 0.3 is 5.97 Å². The van der Waals surface area contributed by atoms with Crippen molar-refractivity contribution in [2.45, 2.75) is 83.8 Å². The molecule has 1 heterocycles. The SMILES string of the molecule is CCCCCOC(=O)COC1CCC2C(=O)C(Oc3ccc(C(C)(C)C)cc3)=COC2C1. The lowest BCUT2D eigenvalue weighted by Gasteiger charge is -2.37. The van der Waals surface area contributed by atoms with Crippen LogP contribution in [0, 0.1) is 5.92 Å². The minimum Gasteiger partial charge on any atom is -0.493 e. The van der Waals surface area contributed by atoms with E-state index < -0.39 is 0 Å². The Bertz CT molecular complexity index is 805. The number of allylic oxidation sites excluding steroid dienone is 1. The van der Waals surface area contributed by atoms with Gasteiger partial charge in [-0.25, -0.2) is 4.79 Å². The first-order chi connectivity index (χ1) is 15.3. The van der Waals surface area contributed by atoms with Crippen molar-refractivity contribution in [3.05, 3.63) is 41.9 Å². The van der Waals surface area contributed by atoms with Gasteiger partial charge in [0.1, 0.15) is 24.7 Å². The van der Waals surface area contributed by atoms with Crippen LogP contribution < -0.4 is 4.74 Å². The summed E-state index contributed by atoms with van der Waals surface area (Å²) >= 11 is 0. The fraction of sp³-hybridized carbons (Fsp3) is 0.615. The van der Waals surface area contributed by atoms with Gasteiger partial charge in [0.05, 0.1) is 18.6 Å². The maximum absolute atomic E-state index is 12.9. The van der Waals surface area contributed by atoms with E-state index in [4.69, 9.17) is 18.9 Å². The Morgan fingerprint density at radius 2 is 1.88 bits per heavy atom. The molecule has 0 spiro atoms. The van der Waals surface area contributed by atoms with Crippen LogP contribution in [0.5, 0.6) is 5.75 Å². The Morgan fingerprint density at radius 3 is 2.56 bits per heavy atom. The van der Waals surface area contributed by atoms with Crippen molar-refractivity contribution in [1.29, 1.82) is 0 Å². The third-order valence-electron chi connectivity index (χ3n) is 6.07. The van der Waals surface area contributed by atoms with Crippen LogP contribution in [-0.4, -0.2) is 37.2 Å². The van der Waals surface area contributed by atoms with Gasteiger partial charge in [-0.1, -0.05) is 52.7 Å². The van der Waals surface area contributed by atoms with Gasteiger partial charge in [-0.05, 0) is 42.4 Å². The first-order valence-electron chi connectivity index (χ1n) is 11.7. The molecule has 0 bridgehead atoms. The highest BCUT2D eigenvalue weighted by molar-refractivity contribution is 5.96. The molecule has 0 aromatic heterocycles. The zero-order chi connectivity index (χ0) is 23.1. The summed E-state index contributed by atoms with van der Waals surface area (Å²) in [5.41, 5.74) is 1.26. The fourth-order valence-electron chi connectivity index (χ4n) is 4.07. The van der Waals surface area contributed by atoms with Crippen LogP contribution in [0.3, 0.4) is 0 Å². The summed E-state index contributed by atoms with van der Waals surface area (Å²) in [6.45, 7) is 8.95. The Balaban J connectivity index is 1.48. The van der Waals surface area contributed by atoms with Crippen LogP contribution in [-0.2, 0) is 29.2 Å². The molecule has 1 fully saturated rings. The van der Waals surface area contributed by atoms with E-state index >= 15 is 0 Å². The van der Waals surface area contributed by atoms with Gasteiger partial charge in [0.2, 0.25) is 11.5 Å². The molecule has 176 valence electrons. The van der Waals surface area contributed by atoms with Crippen molar-refractivity contribution >= 4 is 11.8 Å². The first-order valence-corrected chi connectivity index (χ1v) is 11.7. The number of hydrogen-bond acceptors (Lipinski definition) is 6. The normalized spacial score (nSPS) is 23.1. The quantitative estimate of drug-likeness (QED) is 0.390. The second kappa shape index (κ2) is 11.0. The van der Waals surface area contributed by atoms with Crippen LogP contribution in [0.25, 0.3) is 0 Å². The molecule has 3 atom stereocenters. The molecule has 0 amide bonds. The van der Waals surface area contributed by atoms with Crippen LogP contribution in [0.2, 0.25) is 0 Å². The minimum absolute atomic E-state index is 0.0325. The molecule has 1 aliphatic heterocycles. The maximum atomic E-state index is 12.9. The summed E-state index contributed by atoms with van der Waals surface area (Å²) in [5, 5.41) is 0. The van der Waals surface area contributed by atoms with Crippen molar-refractivity contribution in [1.82, 2.24) is 0 Å². The van der Waals surface area contributed by atoms with Crippen molar-refractivity contribution in [2.24, 2.45) is 5.92 Å². The van der Waals surface area contributed by atoms with E-state index in [9.17, 15) is 9.59 Å². The molecule has 32 heavy (non-hydrogen) atoms. The van der Waals surface area contributed by atoms with Gasteiger partial charge < -0.3 is 18.9 Å². The second-order valence-corrected chi connectivity index (χ2v) is 9.68. The Kier molecular flexibility index (Phi) is 8.35. The summed E-state index contributed by atoms with van der Waals surface area (Å²) < 4.78 is 22.6. The smallest absolute Gasteiger partial charge is 0.332 e. The monoisotopic (exact) mass is 444 g/mol. The van der Waals surface area contributed by atoms with E-state index in [1.165, 1.54) is 11.8 Å².